The number of aromatic nitrogens is 2. The van der Waals surface area contributed by atoms with E-state index in [1.807, 2.05) is 12.4 Å². The topological polar surface area (TPSA) is 55.0 Å². The number of nitrogens with zero attached hydrogens (tertiary/aromatic N) is 3. The normalized spacial score (nSPS) is 12.0. The van der Waals surface area contributed by atoms with Crippen LogP contribution in [0, 0.1) is 0 Å². The SMILES string of the molecule is CN(c1ncnc2sccc12)C(C)(C)CN. The van der Waals surface area contributed by atoms with Gasteiger partial charge in [-0.05, 0) is 25.3 Å². The lowest BCUT2D eigenvalue weighted by Crippen LogP contribution is -2.47. The first-order chi connectivity index (χ1) is 7.56. The maximum absolute atomic E-state index is 5.78. The van der Waals surface area contributed by atoms with E-state index < -0.39 is 0 Å². The molecular formula is C11H16N4S. The fraction of sp³-hybridized carbons (Fsp3) is 0.455. The molecule has 0 aromatic carbocycles. The van der Waals surface area contributed by atoms with Gasteiger partial charge in [0.05, 0.1) is 5.39 Å². The lowest BCUT2D eigenvalue weighted by molar-refractivity contribution is 0.496. The van der Waals surface area contributed by atoms with Gasteiger partial charge in [-0.2, -0.15) is 0 Å². The van der Waals surface area contributed by atoms with Crippen LogP contribution in [-0.2, 0) is 0 Å². The first-order valence-electron chi connectivity index (χ1n) is 5.18. The summed E-state index contributed by atoms with van der Waals surface area (Å²) in [5.74, 6) is 0.946. The molecule has 0 spiro atoms. The second-order valence-electron chi connectivity index (χ2n) is 4.41. The monoisotopic (exact) mass is 236 g/mol. The van der Waals surface area contributed by atoms with Crippen LogP contribution in [0.4, 0.5) is 5.82 Å². The molecule has 0 atom stereocenters. The van der Waals surface area contributed by atoms with Gasteiger partial charge in [0.2, 0.25) is 0 Å². The molecule has 86 valence electrons. The number of rotatable bonds is 3. The minimum atomic E-state index is -0.108. The van der Waals surface area contributed by atoms with Crippen molar-refractivity contribution in [3.05, 3.63) is 17.8 Å². The third kappa shape index (κ3) is 1.76. The number of hydrogen-bond acceptors (Lipinski definition) is 5. The molecule has 2 heterocycles. The lowest BCUT2D eigenvalue weighted by atomic mass is 10.0. The van der Waals surface area contributed by atoms with Crippen LogP contribution in [0.25, 0.3) is 10.2 Å². The molecule has 2 rings (SSSR count). The van der Waals surface area contributed by atoms with Crippen molar-refractivity contribution in [2.24, 2.45) is 5.73 Å². The van der Waals surface area contributed by atoms with Crippen LogP contribution >= 0.6 is 11.3 Å². The van der Waals surface area contributed by atoms with E-state index in [0.29, 0.717) is 6.54 Å². The number of hydrogen-bond donors (Lipinski definition) is 1. The Kier molecular flexibility index (Phi) is 2.82. The largest absolute Gasteiger partial charge is 0.353 e. The summed E-state index contributed by atoms with van der Waals surface area (Å²) in [6.07, 6.45) is 1.61. The van der Waals surface area contributed by atoms with Crippen molar-refractivity contribution in [2.75, 3.05) is 18.5 Å². The number of nitrogens with two attached hydrogens (primary N) is 1. The van der Waals surface area contributed by atoms with E-state index in [9.17, 15) is 0 Å². The Morgan fingerprint density at radius 1 is 1.44 bits per heavy atom. The van der Waals surface area contributed by atoms with E-state index in [-0.39, 0.29) is 5.54 Å². The summed E-state index contributed by atoms with van der Waals surface area (Å²) in [6.45, 7) is 4.79. The molecule has 0 aliphatic rings. The van der Waals surface area contributed by atoms with Crippen LogP contribution in [0.5, 0.6) is 0 Å². The standard InChI is InChI=1S/C11H16N4S/c1-11(2,6-12)15(3)9-8-4-5-16-10(8)14-7-13-9/h4-5,7H,6,12H2,1-3H3. The zero-order valence-electron chi connectivity index (χ0n) is 9.77. The predicted octanol–water partition coefficient (Wildman–Crippen LogP) is 1.86. The number of anilines is 1. The molecular weight excluding hydrogens is 220 g/mol. The Hall–Kier alpha value is -1.20. The Morgan fingerprint density at radius 2 is 2.19 bits per heavy atom. The van der Waals surface area contributed by atoms with E-state index in [1.165, 1.54) is 0 Å². The van der Waals surface area contributed by atoms with Gasteiger partial charge in [-0.3, -0.25) is 0 Å². The van der Waals surface area contributed by atoms with Gasteiger partial charge in [0.1, 0.15) is 17.0 Å². The average molecular weight is 236 g/mol. The van der Waals surface area contributed by atoms with Crippen molar-refractivity contribution in [3.63, 3.8) is 0 Å². The summed E-state index contributed by atoms with van der Waals surface area (Å²) in [5, 5.41) is 3.13. The Bertz CT molecular complexity index is 491. The van der Waals surface area contributed by atoms with Gasteiger partial charge in [-0.1, -0.05) is 0 Å². The molecule has 0 unspecified atom stereocenters. The molecule has 0 amide bonds. The quantitative estimate of drug-likeness (QED) is 0.884. The third-order valence-corrected chi connectivity index (χ3v) is 3.79. The van der Waals surface area contributed by atoms with Crippen LogP contribution in [0.3, 0.4) is 0 Å². The molecule has 2 aromatic rings. The first-order valence-corrected chi connectivity index (χ1v) is 6.06. The first kappa shape index (κ1) is 11.3. The van der Waals surface area contributed by atoms with E-state index in [4.69, 9.17) is 5.73 Å². The zero-order chi connectivity index (χ0) is 11.8. The lowest BCUT2D eigenvalue weighted by Gasteiger charge is -2.35. The molecule has 5 heteroatoms. The number of thiophene rings is 1. The van der Waals surface area contributed by atoms with Crippen molar-refractivity contribution in [1.82, 2.24) is 9.97 Å². The predicted molar refractivity (Wildman–Crippen MR) is 69.0 cm³/mol. The van der Waals surface area contributed by atoms with Crippen molar-refractivity contribution in [2.45, 2.75) is 19.4 Å². The van der Waals surface area contributed by atoms with Crippen LogP contribution in [-0.4, -0.2) is 29.1 Å². The van der Waals surface area contributed by atoms with Gasteiger partial charge >= 0.3 is 0 Å². The van der Waals surface area contributed by atoms with E-state index in [0.717, 1.165) is 16.0 Å². The second-order valence-corrected chi connectivity index (χ2v) is 5.31. The highest BCUT2D eigenvalue weighted by molar-refractivity contribution is 7.16. The van der Waals surface area contributed by atoms with Gasteiger partial charge in [0, 0.05) is 19.1 Å². The second kappa shape index (κ2) is 3.99. The molecule has 4 nitrogen and oxygen atoms in total. The Balaban J connectivity index is 2.51. The molecule has 2 aromatic heterocycles. The molecule has 0 saturated carbocycles. The third-order valence-electron chi connectivity index (χ3n) is 2.97. The summed E-state index contributed by atoms with van der Waals surface area (Å²) in [6, 6.07) is 2.05. The van der Waals surface area contributed by atoms with Gasteiger partial charge < -0.3 is 10.6 Å². The van der Waals surface area contributed by atoms with Crippen LogP contribution in [0.15, 0.2) is 17.8 Å². The summed E-state index contributed by atoms with van der Waals surface area (Å²) < 4.78 is 0. The van der Waals surface area contributed by atoms with Crippen LogP contribution < -0.4 is 10.6 Å². The van der Waals surface area contributed by atoms with Crippen LogP contribution in [0.1, 0.15) is 13.8 Å². The maximum atomic E-state index is 5.78. The summed E-state index contributed by atoms with van der Waals surface area (Å²) in [7, 11) is 2.02. The molecule has 0 aliphatic heterocycles. The van der Waals surface area contributed by atoms with E-state index >= 15 is 0 Å². The van der Waals surface area contributed by atoms with E-state index in [1.54, 1.807) is 17.7 Å². The van der Waals surface area contributed by atoms with Gasteiger partial charge in [-0.15, -0.1) is 11.3 Å². The maximum Gasteiger partial charge on any atom is 0.140 e. The molecule has 2 N–H and O–H groups in total. The number of fused-ring (bicyclic) bond motifs is 1. The fourth-order valence-corrected chi connectivity index (χ4v) is 2.20. The van der Waals surface area contributed by atoms with Crippen molar-refractivity contribution in [1.29, 1.82) is 0 Å². The van der Waals surface area contributed by atoms with Crippen molar-refractivity contribution in [3.8, 4) is 0 Å². The van der Waals surface area contributed by atoms with E-state index in [2.05, 4.69) is 34.8 Å². The van der Waals surface area contributed by atoms with Crippen molar-refractivity contribution < 1.29 is 0 Å². The Morgan fingerprint density at radius 3 is 2.88 bits per heavy atom. The molecule has 0 aliphatic carbocycles. The van der Waals surface area contributed by atoms with Crippen LogP contribution in [0.2, 0.25) is 0 Å². The minimum Gasteiger partial charge on any atom is -0.353 e. The fourth-order valence-electron chi connectivity index (χ4n) is 1.47. The van der Waals surface area contributed by atoms with Gasteiger partial charge in [0.25, 0.3) is 0 Å². The summed E-state index contributed by atoms with van der Waals surface area (Å²) in [5.41, 5.74) is 5.67. The average Bonchev–Trinajstić information content (AvgIpc) is 2.75. The summed E-state index contributed by atoms with van der Waals surface area (Å²) >= 11 is 1.63. The highest BCUT2D eigenvalue weighted by Crippen LogP contribution is 2.29. The molecule has 0 radical (unpaired) electrons. The zero-order valence-corrected chi connectivity index (χ0v) is 10.6. The molecule has 0 saturated heterocycles. The smallest absolute Gasteiger partial charge is 0.140 e. The van der Waals surface area contributed by atoms with Gasteiger partial charge in [-0.25, -0.2) is 9.97 Å². The Labute approximate surface area is 99.1 Å². The highest BCUT2D eigenvalue weighted by atomic mass is 32.1. The summed E-state index contributed by atoms with van der Waals surface area (Å²) in [4.78, 5) is 11.7. The molecule has 0 bridgehead atoms. The molecule has 16 heavy (non-hydrogen) atoms. The number of likely N-dealkylation sites (N-methyl/N-ethyl adjacent to an activating group) is 1. The highest BCUT2D eigenvalue weighted by Gasteiger charge is 2.24. The minimum absolute atomic E-state index is 0.108. The van der Waals surface area contributed by atoms with Crippen molar-refractivity contribution >= 4 is 27.4 Å². The van der Waals surface area contributed by atoms with Gasteiger partial charge in [0.15, 0.2) is 0 Å². The molecule has 0 fully saturated rings.